The number of hydrogen-bond acceptors (Lipinski definition) is 4. The van der Waals surface area contributed by atoms with Crippen LogP contribution in [0, 0.1) is 0 Å². The lowest BCUT2D eigenvalue weighted by Crippen LogP contribution is -2.51. The van der Waals surface area contributed by atoms with Gasteiger partial charge < -0.3 is 15.6 Å². The largest absolute Gasteiger partial charge is 0.360 e. The zero-order chi connectivity index (χ0) is 10.7. The zero-order valence-electron chi connectivity index (χ0n) is 8.53. The number of amides is 1. The highest BCUT2D eigenvalue weighted by Crippen LogP contribution is 2.27. The number of carbonyl (C=O) groups is 1. The fraction of sp³-hybridized carbons (Fsp3) is 0.600. The lowest BCUT2D eigenvalue weighted by Gasteiger charge is -2.21. The second-order valence-electron chi connectivity index (χ2n) is 4.02. The van der Waals surface area contributed by atoms with Crippen molar-refractivity contribution in [2.45, 2.75) is 37.8 Å². The summed E-state index contributed by atoms with van der Waals surface area (Å²) in [5.41, 5.74) is 5.32. The summed E-state index contributed by atoms with van der Waals surface area (Å²) in [5, 5.41) is 6.33. The van der Waals surface area contributed by atoms with Crippen LogP contribution in [0.15, 0.2) is 16.8 Å². The van der Waals surface area contributed by atoms with Crippen molar-refractivity contribution in [3.8, 4) is 0 Å². The smallest absolute Gasteiger partial charge is 0.240 e. The van der Waals surface area contributed by atoms with Crippen molar-refractivity contribution in [3.05, 3.63) is 18.0 Å². The molecule has 82 valence electrons. The molecule has 0 atom stereocenters. The third-order valence-corrected chi connectivity index (χ3v) is 2.86. The predicted octanol–water partition coefficient (Wildman–Crippen LogP) is 0.562. The summed E-state index contributed by atoms with van der Waals surface area (Å²) in [7, 11) is 0. The van der Waals surface area contributed by atoms with Crippen molar-refractivity contribution >= 4 is 5.91 Å². The summed E-state index contributed by atoms with van der Waals surface area (Å²) in [6.07, 6.45) is 5.16. The Kier molecular flexibility index (Phi) is 2.73. The molecule has 0 bridgehead atoms. The molecule has 15 heavy (non-hydrogen) atoms. The van der Waals surface area contributed by atoms with Gasteiger partial charge in [-0.2, -0.15) is 0 Å². The van der Waals surface area contributed by atoms with E-state index in [0.29, 0.717) is 12.3 Å². The van der Waals surface area contributed by atoms with E-state index in [0.717, 1.165) is 25.7 Å². The van der Waals surface area contributed by atoms with Crippen LogP contribution in [0.25, 0.3) is 0 Å². The van der Waals surface area contributed by atoms with Crippen LogP contribution < -0.4 is 11.1 Å². The van der Waals surface area contributed by atoms with Gasteiger partial charge in [0.05, 0.1) is 18.3 Å². The summed E-state index contributed by atoms with van der Waals surface area (Å²) in [6, 6.07) is 1.72. The first-order chi connectivity index (χ1) is 7.21. The third kappa shape index (κ3) is 2.18. The monoisotopic (exact) mass is 209 g/mol. The maximum atomic E-state index is 11.8. The van der Waals surface area contributed by atoms with E-state index in [9.17, 15) is 4.79 Å². The fourth-order valence-electron chi connectivity index (χ4n) is 1.91. The number of nitrogens with one attached hydrogen (secondary N) is 1. The van der Waals surface area contributed by atoms with Gasteiger partial charge in [0.15, 0.2) is 5.76 Å². The minimum Gasteiger partial charge on any atom is -0.360 e. The molecule has 0 aliphatic heterocycles. The van der Waals surface area contributed by atoms with E-state index >= 15 is 0 Å². The van der Waals surface area contributed by atoms with Crippen LogP contribution >= 0.6 is 0 Å². The first kappa shape index (κ1) is 10.2. The van der Waals surface area contributed by atoms with E-state index in [-0.39, 0.29) is 5.91 Å². The van der Waals surface area contributed by atoms with Crippen molar-refractivity contribution in [1.29, 1.82) is 0 Å². The van der Waals surface area contributed by atoms with Crippen molar-refractivity contribution in [2.75, 3.05) is 0 Å². The minimum atomic E-state index is -0.667. The number of rotatable bonds is 3. The second-order valence-corrected chi connectivity index (χ2v) is 4.02. The van der Waals surface area contributed by atoms with Gasteiger partial charge in [0, 0.05) is 6.07 Å². The zero-order valence-corrected chi connectivity index (χ0v) is 8.53. The van der Waals surface area contributed by atoms with Gasteiger partial charge in [0.25, 0.3) is 0 Å². The molecule has 1 saturated carbocycles. The average molecular weight is 209 g/mol. The van der Waals surface area contributed by atoms with Gasteiger partial charge >= 0.3 is 0 Å². The van der Waals surface area contributed by atoms with Gasteiger partial charge in [-0.25, -0.2) is 0 Å². The Balaban J connectivity index is 1.87. The molecule has 1 fully saturated rings. The fourth-order valence-corrected chi connectivity index (χ4v) is 1.91. The number of aromatic nitrogens is 1. The highest BCUT2D eigenvalue weighted by Gasteiger charge is 2.36. The SMILES string of the molecule is NC1(C(=O)NCc2ccno2)CCCC1. The topological polar surface area (TPSA) is 81.2 Å². The van der Waals surface area contributed by atoms with Crippen LogP contribution in [0.2, 0.25) is 0 Å². The third-order valence-electron chi connectivity index (χ3n) is 2.86. The molecule has 5 nitrogen and oxygen atoms in total. The van der Waals surface area contributed by atoms with E-state index in [1.807, 2.05) is 0 Å². The molecule has 5 heteroatoms. The molecule has 1 amide bonds. The second kappa shape index (κ2) is 4.02. The molecule has 0 spiro atoms. The number of nitrogens with two attached hydrogens (primary N) is 1. The lowest BCUT2D eigenvalue weighted by atomic mass is 9.98. The Bertz CT molecular complexity index is 328. The molecule has 1 aliphatic carbocycles. The molecule has 1 aromatic rings. The van der Waals surface area contributed by atoms with Crippen molar-refractivity contribution < 1.29 is 9.32 Å². The Labute approximate surface area is 88.0 Å². The van der Waals surface area contributed by atoms with Gasteiger partial charge in [0.1, 0.15) is 0 Å². The Morgan fingerprint density at radius 1 is 1.60 bits per heavy atom. The quantitative estimate of drug-likeness (QED) is 0.762. The lowest BCUT2D eigenvalue weighted by molar-refractivity contribution is -0.126. The Morgan fingerprint density at radius 2 is 2.33 bits per heavy atom. The van der Waals surface area contributed by atoms with Crippen LogP contribution in [0.5, 0.6) is 0 Å². The Hall–Kier alpha value is -1.36. The van der Waals surface area contributed by atoms with Gasteiger partial charge in [-0.1, -0.05) is 18.0 Å². The molecule has 1 aliphatic rings. The summed E-state index contributed by atoms with van der Waals surface area (Å²) in [4.78, 5) is 11.8. The molecular weight excluding hydrogens is 194 g/mol. The standard InChI is InChI=1S/C10H15N3O2/c11-10(4-1-2-5-10)9(14)12-7-8-3-6-13-15-8/h3,6H,1-2,4-5,7,11H2,(H,12,14). The van der Waals surface area contributed by atoms with E-state index in [1.54, 1.807) is 12.3 Å². The van der Waals surface area contributed by atoms with Crippen LogP contribution in [-0.2, 0) is 11.3 Å². The van der Waals surface area contributed by atoms with Crippen LogP contribution in [0.1, 0.15) is 31.4 Å². The molecule has 1 aromatic heterocycles. The Morgan fingerprint density at radius 3 is 2.93 bits per heavy atom. The normalized spacial score (nSPS) is 19.0. The summed E-state index contributed by atoms with van der Waals surface area (Å²) in [6.45, 7) is 0.359. The number of hydrogen-bond donors (Lipinski definition) is 2. The van der Waals surface area contributed by atoms with Crippen LogP contribution in [0.4, 0.5) is 0 Å². The summed E-state index contributed by atoms with van der Waals surface area (Å²) in [5.74, 6) is 0.557. The summed E-state index contributed by atoms with van der Waals surface area (Å²) >= 11 is 0. The molecule has 2 rings (SSSR count). The van der Waals surface area contributed by atoms with Gasteiger partial charge in [-0.3, -0.25) is 4.79 Å². The van der Waals surface area contributed by atoms with Crippen molar-refractivity contribution in [2.24, 2.45) is 5.73 Å². The molecule has 0 radical (unpaired) electrons. The van der Waals surface area contributed by atoms with Gasteiger partial charge in [-0.05, 0) is 12.8 Å². The van der Waals surface area contributed by atoms with E-state index in [1.165, 1.54) is 0 Å². The first-order valence-corrected chi connectivity index (χ1v) is 5.17. The number of carbonyl (C=O) groups excluding carboxylic acids is 1. The van der Waals surface area contributed by atoms with Crippen LogP contribution in [-0.4, -0.2) is 16.6 Å². The van der Waals surface area contributed by atoms with E-state index in [2.05, 4.69) is 10.5 Å². The first-order valence-electron chi connectivity index (χ1n) is 5.17. The minimum absolute atomic E-state index is 0.0867. The molecule has 0 aromatic carbocycles. The number of nitrogens with zero attached hydrogens (tertiary/aromatic N) is 1. The highest BCUT2D eigenvalue weighted by molar-refractivity contribution is 5.86. The summed E-state index contributed by atoms with van der Waals surface area (Å²) < 4.78 is 4.87. The van der Waals surface area contributed by atoms with E-state index in [4.69, 9.17) is 10.3 Å². The molecule has 3 N–H and O–H groups in total. The molecular formula is C10H15N3O2. The van der Waals surface area contributed by atoms with Gasteiger partial charge in [0.2, 0.25) is 5.91 Å². The van der Waals surface area contributed by atoms with Crippen LogP contribution in [0.3, 0.4) is 0 Å². The molecule has 0 unspecified atom stereocenters. The van der Waals surface area contributed by atoms with E-state index < -0.39 is 5.54 Å². The average Bonchev–Trinajstić information content (AvgIpc) is 2.85. The van der Waals surface area contributed by atoms with Crippen molar-refractivity contribution in [1.82, 2.24) is 10.5 Å². The maximum absolute atomic E-state index is 11.8. The predicted molar refractivity (Wildman–Crippen MR) is 53.7 cm³/mol. The maximum Gasteiger partial charge on any atom is 0.240 e. The highest BCUT2D eigenvalue weighted by atomic mass is 16.5. The molecule has 1 heterocycles. The van der Waals surface area contributed by atoms with Gasteiger partial charge in [-0.15, -0.1) is 0 Å². The van der Waals surface area contributed by atoms with Crippen molar-refractivity contribution in [3.63, 3.8) is 0 Å². The molecule has 0 saturated heterocycles.